The van der Waals surface area contributed by atoms with Crippen molar-refractivity contribution in [3.05, 3.63) is 34.9 Å². The minimum absolute atomic E-state index is 0.0435. The molecular weight excluding hydrogens is 268 g/mol. The van der Waals surface area contributed by atoms with Crippen molar-refractivity contribution >= 4 is 17.4 Å². The molecule has 0 aromatic heterocycles. The van der Waals surface area contributed by atoms with Crippen molar-refractivity contribution in [2.24, 2.45) is 0 Å². The Hall–Kier alpha value is -0.940. The van der Waals surface area contributed by atoms with Crippen LogP contribution in [0.4, 0.5) is 0 Å². The molecule has 0 spiro atoms. The lowest BCUT2D eigenvalue weighted by Gasteiger charge is -2.06. The number of hydrogen-bond acceptors (Lipinski definition) is 4. The van der Waals surface area contributed by atoms with Crippen LogP contribution in [0.3, 0.4) is 0 Å². The molecule has 0 unspecified atom stereocenters. The SMILES string of the molecule is COCCOCCCOCC(=O)c1ccccc1Cl. The Morgan fingerprint density at radius 3 is 2.58 bits per heavy atom. The summed E-state index contributed by atoms with van der Waals surface area (Å²) >= 11 is 5.92. The summed E-state index contributed by atoms with van der Waals surface area (Å²) in [6.45, 7) is 2.30. The van der Waals surface area contributed by atoms with Crippen LogP contribution >= 0.6 is 11.6 Å². The summed E-state index contributed by atoms with van der Waals surface area (Å²) < 4.78 is 15.4. The molecular formula is C14H19ClO4. The fraction of sp³-hybridized carbons (Fsp3) is 0.500. The second kappa shape index (κ2) is 9.92. The van der Waals surface area contributed by atoms with Gasteiger partial charge in [-0.05, 0) is 18.6 Å². The van der Waals surface area contributed by atoms with Crippen LogP contribution in [0.1, 0.15) is 16.8 Å². The van der Waals surface area contributed by atoms with Gasteiger partial charge in [-0.25, -0.2) is 0 Å². The van der Waals surface area contributed by atoms with Crippen LogP contribution < -0.4 is 0 Å². The van der Waals surface area contributed by atoms with Crippen molar-refractivity contribution in [1.82, 2.24) is 0 Å². The number of ether oxygens (including phenoxy) is 3. The zero-order chi connectivity index (χ0) is 13.9. The van der Waals surface area contributed by atoms with Gasteiger partial charge in [0.05, 0.1) is 18.2 Å². The van der Waals surface area contributed by atoms with E-state index >= 15 is 0 Å². The van der Waals surface area contributed by atoms with Crippen LogP contribution in [-0.2, 0) is 14.2 Å². The summed E-state index contributed by atoms with van der Waals surface area (Å²) in [5, 5.41) is 0.457. The zero-order valence-corrected chi connectivity index (χ0v) is 11.8. The third-order valence-electron chi connectivity index (χ3n) is 2.42. The molecule has 0 heterocycles. The van der Waals surface area contributed by atoms with Crippen LogP contribution in [-0.4, -0.2) is 45.9 Å². The Bertz CT molecular complexity index is 381. The van der Waals surface area contributed by atoms with Crippen LogP contribution in [0.5, 0.6) is 0 Å². The van der Waals surface area contributed by atoms with E-state index in [0.29, 0.717) is 37.0 Å². The molecule has 0 N–H and O–H groups in total. The van der Waals surface area contributed by atoms with E-state index in [9.17, 15) is 4.79 Å². The smallest absolute Gasteiger partial charge is 0.189 e. The Labute approximate surface area is 118 Å². The molecule has 4 nitrogen and oxygen atoms in total. The number of carbonyl (C=O) groups excluding carboxylic acids is 1. The highest BCUT2D eigenvalue weighted by Crippen LogP contribution is 2.15. The van der Waals surface area contributed by atoms with Gasteiger partial charge in [0.2, 0.25) is 0 Å². The summed E-state index contributed by atoms with van der Waals surface area (Å²) in [6.07, 6.45) is 0.750. The molecule has 0 amide bonds. The molecule has 1 rings (SSSR count). The van der Waals surface area contributed by atoms with E-state index in [1.807, 2.05) is 0 Å². The van der Waals surface area contributed by atoms with Gasteiger partial charge in [-0.3, -0.25) is 4.79 Å². The second-order valence-corrected chi connectivity index (χ2v) is 4.32. The number of hydrogen-bond donors (Lipinski definition) is 0. The summed E-state index contributed by atoms with van der Waals surface area (Å²) in [5.41, 5.74) is 0.500. The number of halogens is 1. The van der Waals surface area contributed by atoms with Gasteiger partial charge in [0.15, 0.2) is 5.78 Å². The minimum Gasteiger partial charge on any atom is -0.382 e. The highest BCUT2D eigenvalue weighted by Gasteiger charge is 2.09. The maximum absolute atomic E-state index is 11.8. The minimum atomic E-state index is -0.106. The van der Waals surface area contributed by atoms with Gasteiger partial charge < -0.3 is 14.2 Å². The predicted octanol–water partition coefficient (Wildman–Crippen LogP) is 2.59. The molecule has 0 radical (unpaired) electrons. The lowest BCUT2D eigenvalue weighted by molar-refractivity contribution is 0.0488. The fourth-order valence-corrected chi connectivity index (χ4v) is 1.68. The van der Waals surface area contributed by atoms with Crippen molar-refractivity contribution in [3.8, 4) is 0 Å². The number of benzene rings is 1. The van der Waals surface area contributed by atoms with Gasteiger partial charge in [0.25, 0.3) is 0 Å². The highest BCUT2D eigenvalue weighted by molar-refractivity contribution is 6.34. The van der Waals surface area contributed by atoms with E-state index in [2.05, 4.69) is 0 Å². The average Bonchev–Trinajstić information content (AvgIpc) is 2.42. The van der Waals surface area contributed by atoms with Gasteiger partial charge in [0.1, 0.15) is 6.61 Å². The van der Waals surface area contributed by atoms with Crippen LogP contribution in [0.25, 0.3) is 0 Å². The van der Waals surface area contributed by atoms with Gasteiger partial charge in [-0.2, -0.15) is 0 Å². The highest BCUT2D eigenvalue weighted by atomic mass is 35.5. The molecule has 19 heavy (non-hydrogen) atoms. The van der Waals surface area contributed by atoms with E-state index < -0.39 is 0 Å². The van der Waals surface area contributed by atoms with Crippen molar-refractivity contribution in [1.29, 1.82) is 0 Å². The first-order valence-electron chi connectivity index (χ1n) is 6.18. The lowest BCUT2D eigenvalue weighted by atomic mass is 10.1. The van der Waals surface area contributed by atoms with E-state index in [0.717, 1.165) is 6.42 Å². The summed E-state index contributed by atoms with van der Waals surface area (Å²) in [7, 11) is 1.63. The predicted molar refractivity (Wildman–Crippen MR) is 73.9 cm³/mol. The quantitative estimate of drug-likeness (QED) is 0.490. The van der Waals surface area contributed by atoms with E-state index in [-0.39, 0.29) is 12.4 Å². The molecule has 0 saturated heterocycles. The molecule has 5 heteroatoms. The number of Topliss-reactive ketones (excluding diaryl/α,β-unsaturated/α-hetero) is 1. The normalized spacial score (nSPS) is 10.6. The van der Waals surface area contributed by atoms with E-state index in [1.54, 1.807) is 31.4 Å². The number of methoxy groups -OCH3 is 1. The van der Waals surface area contributed by atoms with Crippen molar-refractivity contribution in [2.45, 2.75) is 6.42 Å². The Morgan fingerprint density at radius 2 is 1.84 bits per heavy atom. The van der Waals surface area contributed by atoms with Gasteiger partial charge in [-0.15, -0.1) is 0 Å². The first-order valence-corrected chi connectivity index (χ1v) is 6.55. The van der Waals surface area contributed by atoms with E-state index in [1.165, 1.54) is 0 Å². The van der Waals surface area contributed by atoms with Gasteiger partial charge >= 0.3 is 0 Å². The van der Waals surface area contributed by atoms with Crippen molar-refractivity contribution in [2.75, 3.05) is 40.1 Å². The molecule has 0 aliphatic heterocycles. The molecule has 1 aromatic carbocycles. The molecule has 1 aromatic rings. The summed E-state index contributed by atoms with van der Waals surface area (Å²) in [4.78, 5) is 11.8. The zero-order valence-electron chi connectivity index (χ0n) is 11.1. The topological polar surface area (TPSA) is 44.8 Å². The Morgan fingerprint density at radius 1 is 1.11 bits per heavy atom. The maximum atomic E-state index is 11.8. The molecule has 0 aliphatic carbocycles. The second-order valence-electron chi connectivity index (χ2n) is 3.91. The largest absolute Gasteiger partial charge is 0.382 e. The van der Waals surface area contributed by atoms with Gasteiger partial charge in [-0.1, -0.05) is 23.7 Å². The lowest BCUT2D eigenvalue weighted by Crippen LogP contribution is -2.12. The number of ketones is 1. The Kier molecular flexibility index (Phi) is 8.41. The molecule has 0 fully saturated rings. The van der Waals surface area contributed by atoms with E-state index in [4.69, 9.17) is 25.8 Å². The van der Waals surface area contributed by atoms with Crippen molar-refractivity contribution in [3.63, 3.8) is 0 Å². The number of carbonyl (C=O) groups is 1. The van der Waals surface area contributed by atoms with Crippen LogP contribution in [0.2, 0.25) is 5.02 Å². The van der Waals surface area contributed by atoms with Gasteiger partial charge in [0, 0.05) is 25.9 Å². The molecule has 0 aliphatic rings. The first kappa shape index (κ1) is 16.1. The summed E-state index contributed by atoms with van der Waals surface area (Å²) in [6, 6.07) is 6.96. The molecule has 0 saturated carbocycles. The Balaban J connectivity index is 2.10. The van der Waals surface area contributed by atoms with Crippen LogP contribution in [0.15, 0.2) is 24.3 Å². The van der Waals surface area contributed by atoms with Crippen LogP contribution in [0, 0.1) is 0 Å². The standard InChI is InChI=1S/C14H19ClO4/c1-17-9-10-18-7-4-8-19-11-14(16)12-5-2-3-6-13(12)15/h2-3,5-6H,4,7-11H2,1H3. The first-order chi connectivity index (χ1) is 9.25. The third-order valence-corrected chi connectivity index (χ3v) is 2.75. The summed E-state index contributed by atoms with van der Waals surface area (Å²) in [5.74, 6) is -0.106. The van der Waals surface area contributed by atoms with Crippen molar-refractivity contribution < 1.29 is 19.0 Å². The fourth-order valence-electron chi connectivity index (χ4n) is 1.44. The monoisotopic (exact) mass is 286 g/mol. The third kappa shape index (κ3) is 6.68. The average molecular weight is 287 g/mol. The maximum Gasteiger partial charge on any atom is 0.189 e. The molecule has 106 valence electrons. The number of rotatable bonds is 10. The molecule has 0 atom stereocenters. The molecule has 0 bridgehead atoms.